The van der Waals surface area contributed by atoms with Gasteiger partial charge in [0.2, 0.25) is 5.91 Å². The lowest BCUT2D eigenvalue weighted by Gasteiger charge is -2.36. The second-order valence-electron chi connectivity index (χ2n) is 8.36. The average molecular weight is 324 g/mol. The van der Waals surface area contributed by atoms with Crippen LogP contribution in [0, 0.1) is 0 Å². The van der Waals surface area contributed by atoms with Crippen molar-refractivity contribution in [3.8, 4) is 0 Å². The first kappa shape index (κ1) is 15.4. The fraction of sp³-hybridized carbons (Fsp3) is 0.500. The van der Waals surface area contributed by atoms with E-state index in [4.69, 9.17) is 0 Å². The summed E-state index contributed by atoms with van der Waals surface area (Å²) in [6.07, 6.45) is 3.30. The van der Waals surface area contributed by atoms with Gasteiger partial charge in [-0.15, -0.1) is 0 Å². The predicted octanol–water partition coefficient (Wildman–Crippen LogP) is 3.22. The Bertz CT molecular complexity index is 768. The van der Waals surface area contributed by atoms with Crippen LogP contribution in [0.5, 0.6) is 0 Å². The lowest BCUT2D eigenvalue weighted by Crippen LogP contribution is -2.53. The van der Waals surface area contributed by atoms with E-state index < -0.39 is 0 Å². The number of benzene rings is 1. The number of hydrogen-bond donors (Lipinski definition) is 1. The highest BCUT2D eigenvalue weighted by Gasteiger charge is 2.61. The van der Waals surface area contributed by atoms with Gasteiger partial charge in [-0.25, -0.2) is 0 Å². The molecule has 1 atom stereocenters. The van der Waals surface area contributed by atoms with E-state index >= 15 is 0 Å². The van der Waals surface area contributed by atoms with Gasteiger partial charge < -0.3 is 10.2 Å². The van der Waals surface area contributed by atoms with Crippen molar-refractivity contribution in [3.05, 3.63) is 47.2 Å². The molecule has 1 saturated heterocycles. The second-order valence-corrected chi connectivity index (χ2v) is 8.36. The van der Waals surface area contributed by atoms with E-state index in [-0.39, 0.29) is 28.8 Å². The molecule has 4 heteroatoms. The Balaban J connectivity index is 1.76. The standard InChI is InChI=1S/C20H24N2O2/c1-12-5-8-16(17(23)21-12)22-18(24)14-7-6-13(19(2,3)4)11-15(14)20(22)9-10-20/h6-7,11,16H,1,5,8-10H2,2-4H3,(H,21,23). The molecular formula is C20H24N2O2. The highest BCUT2D eigenvalue weighted by atomic mass is 16.2. The molecule has 1 N–H and O–H groups in total. The van der Waals surface area contributed by atoms with Crippen LogP contribution in [0.2, 0.25) is 0 Å². The zero-order chi connectivity index (χ0) is 17.3. The van der Waals surface area contributed by atoms with Crippen LogP contribution in [0.15, 0.2) is 30.5 Å². The van der Waals surface area contributed by atoms with Crippen LogP contribution in [-0.4, -0.2) is 22.8 Å². The van der Waals surface area contributed by atoms with Crippen molar-refractivity contribution >= 4 is 11.8 Å². The van der Waals surface area contributed by atoms with Gasteiger partial charge in [-0.05, 0) is 48.3 Å². The molecule has 1 spiro atoms. The van der Waals surface area contributed by atoms with Gasteiger partial charge in [0.1, 0.15) is 6.04 Å². The molecule has 1 aromatic carbocycles. The number of rotatable bonds is 1. The van der Waals surface area contributed by atoms with Crippen molar-refractivity contribution in [2.75, 3.05) is 0 Å². The van der Waals surface area contributed by atoms with E-state index in [0.717, 1.165) is 36.1 Å². The van der Waals surface area contributed by atoms with E-state index in [1.54, 1.807) is 0 Å². The van der Waals surface area contributed by atoms with Crippen molar-refractivity contribution in [2.24, 2.45) is 0 Å². The molecule has 1 saturated carbocycles. The van der Waals surface area contributed by atoms with Crippen molar-refractivity contribution < 1.29 is 9.59 Å². The molecule has 2 amide bonds. The van der Waals surface area contributed by atoms with Gasteiger partial charge in [0.25, 0.3) is 5.91 Å². The van der Waals surface area contributed by atoms with Gasteiger partial charge in [-0.2, -0.15) is 0 Å². The van der Waals surface area contributed by atoms with Gasteiger partial charge in [0, 0.05) is 11.3 Å². The van der Waals surface area contributed by atoms with Crippen LogP contribution in [0.4, 0.5) is 0 Å². The molecule has 2 fully saturated rings. The molecule has 4 rings (SSSR count). The molecule has 1 unspecified atom stereocenters. The fourth-order valence-electron chi connectivity index (χ4n) is 4.11. The largest absolute Gasteiger partial charge is 0.329 e. The third-order valence-corrected chi connectivity index (χ3v) is 5.65. The van der Waals surface area contributed by atoms with E-state index in [1.807, 2.05) is 11.0 Å². The third kappa shape index (κ3) is 2.05. The molecule has 2 aliphatic heterocycles. The first-order valence-corrected chi connectivity index (χ1v) is 8.71. The van der Waals surface area contributed by atoms with Gasteiger partial charge >= 0.3 is 0 Å². The van der Waals surface area contributed by atoms with E-state index in [1.165, 1.54) is 5.56 Å². The average Bonchev–Trinajstić information content (AvgIpc) is 3.25. The first-order chi connectivity index (χ1) is 11.2. The number of allylic oxidation sites excluding steroid dienone is 1. The summed E-state index contributed by atoms with van der Waals surface area (Å²) in [7, 11) is 0. The number of nitrogens with zero attached hydrogens (tertiary/aromatic N) is 1. The topological polar surface area (TPSA) is 49.4 Å². The van der Waals surface area contributed by atoms with Crippen LogP contribution in [0.3, 0.4) is 0 Å². The number of amides is 2. The van der Waals surface area contributed by atoms with Gasteiger partial charge in [-0.1, -0.05) is 39.5 Å². The molecule has 1 aliphatic carbocycles. The molecule has 0 bridgehead atoms. The fourth-order valence-corrected chi connectivity index (χ4v) is 4.11. The summed E-state index contributed by atoms with van der Waals surface area (Å²) in [4.78, 5) is 27.4. The summed E-state index contributed by atoms with van der Waals surface area (Å²) in [5.41, 5.74) is 3.68. The minimum absolute atomic E-state index is 0.00983. The summed E-state index contributed by atoms with van der Waals surface area (Å²) < 4.78 is 0. The normalized spacial score (nSPS) is 25.0. The lowest BCUT2D eigenvalue weighted by atomic mass is 9.84. The molecule has 2 heterocycles. The van der Waals surface area contributed by atoms with Crippen molar-refractivity contribution in [2.45, 2.75) is 63.5 Å². The Morgan fingerprint density at radius 3 is 2.54 bits per heavy atom. The number of fused-ring (bicyclic) bond motifs is 2. The quantitative estimate of drug-likeness (QED) is 0.862. The van der Waals surface area contributed by atoms with Crippen LogP contribution in [0.1, 0.15) is 67.9 Å². The zero-order valence-electron chi connectivity index (χ0n) is 14.6. The zero-order valence-corrected chi connectivity index (χ0v) is 14.6. The second kappa shape index (κ2) is 4.71. The molecular weight excluding hydrogens is 300 g/mol. The molecule has 0 aromatic heterocycles. The molecule has 24 heavy (non-hydrogen) atoms. The highest BCUT2D eigenvalue weighted by Crippen LogP contribution is 2.58. The summed E-state index contributed by atoms with van der Waals surface area (Å²) >= 11 is 0. The van der Waals surface area contributed by atoms with Gasteiger partial charge in [0.15, 0.2) is 0 Å². The van der Waals surface area contributed by atoms with Crippen LogP contribution in [0.25, 0.3) is 0 Å². The van der Waals surface area contributed by atoms with E-state index in [2.05, 4.69) is 44.8 Å². The molecule has 3 aliphatic rings. The Morgan fingerprint density at radius 1 is 1.25 bits per heavy atom. The van der Waals surface area contributed by atoms with Gasteiger partial charge in [0.05, 0.1) is 5.54 Å². The van der Waals surface area contributed by atoms with Crippen LogP contribution < -0.4 is 5.32 Å². The van der Waals surface area contributed by atoms with Crippen molar-refractivity contribution in [1.82, 2.24) is 10.2 Å². The number of hydrogen-bond acceptors (Lipinski definition) is 2. The number of piperidine rings is 1. The van der Waals surface area contributed by atoms with Crippen LogP contribution >= 0.6 is 0 Å². The van der Waals surface area contributed by atoms with E-state index in [9.17, 15) is 9.59 Å². The Morgan fingerprint density at radius 2 is 1.96 bits per heavy atom. The maximum absolute atomic E-state index is 13.1. The van der Waals surface area contributed by atoms with Crippen molar-refractivity contribution in [3.63, 3.8) is 0 Å². The Hall–Kier alpha value is -2.10. The molecule has 126 valence electrons. The van der Waals surface area contributed by atoms with Crippen LogP contribution in [-0.2, 0) is 15.7 Å². The number of nitrogens with one attached hydrogen (secondary N) is 1. The van der Waals surface area contributed by atoms with E-state index in [0.29, 0.717) is 6.42 Å². The summed E-state index contributed by atoms with van der Waals surface area (Å²) in [6, 6.07) is 5.83. The Kier molecular flexibility index (Phi) is 3.03. The number of carbonyl (C=O) groups is 2. The molecule has 4 nitrogen and oxygen atoms in total. The summed E-state index contributed by atoms with van der Waals surface area (Å²) in [5, 5.41) is 2.83. The minimum atomic E-state index is -0.379. The lowest BCUT2D eigenvalue weighted by molar-refractivity contribution is -0.127. The highest BCUT2D eigenvalue weighted by molar-refractivity contribution is 6.03. The van der Waals surface area contributed by atoms with Crippen molar-refractivity contribution in [1.29, 1.82) is 0 Å². The molecule has 1 aromatic rings. The molecule has 0 radical (unpaired) electrons. The first-order valence-electron chi connectivity index (χ1n) is 8.71. The minimum Gasteiger partial charge on any atom is -0.329 e. The van der Waals surface area contributed by atoms with Gasteiger partial charge in [-0.3, -0.25) is 9.59 Å². The predicted molar refractivity (Wildman–Crippen MR) is 92.5 cm³/mol. The maximum Gasteiger partial charge on any atom is 0.255 e. The Labute approximate surface area is 142 Å². The smallest absolute Gasteiger partial charge is 0.255 e. The monoisotopic (exact) mass is 324 g/mol. The summed E-state index contributed by atoms with van der Waals surface area (Å²) in [5.74, 6) is -0.0784. The maximum atomic E-state index is 13.1. The number of carbonyl (C=O) groups excluding carboxylic acids is 2. The summed E-state index contributed by atoms with van der Waals surface area (Å²) in [6.45, 7) is 10.4. The third-order valence-electron chi connectivity index (χ3n) is 5.65. The SMILES string of the molecule is C=C1CCC(N2C(=O)c3ccc(C(C)(C)C)cc3C23CC3)C(=O)N1.